The lowest BCUT2D eigenvalue weighted by molar-refractivity contribution is 0.0692. The Hall–Kier alpha value is -2.55. The Bertz CT molecular complexity index is 728. The van der Waals surface area contributed by atoms with Crippen molar-refractivity contribution in [1.82, 2.24) is 14.8 Å². The summed E-state index contributed by atoms with van der Waals surface area (Å²) in [6.45, 7) is 4.81. The fourth-order valence-corrected chi connectivity index (χ4v) is 2.36. The molecule has 0 bridgehead atoms. The first kappa shape index (κ1) is 15.8. The van der Waals surface area contributed by atoms with Crippen LogP contribution in [-0.4, -0.2) is 32.4 Å². The molecule has 6 nitrogen and oxygen atoms in total. The van der Waals surface area contributed by atoms with Crippen molar-refractivity contribution in [3.63, 3.8) is 0 Å². The minimum atomic E-state index is -1.06. The van der Waals surface area contributed by atoms with E-state index < -0.39 is 5.97 Å². The molecule has 1 N–H and O–H groups in total. The smallest absolute Gasteiger partial charge is 0.341 e. The molecule has 0 aromatic carbocycles. The maximum Gasteiger partial charge on any atom is 0.341 e. The van der Waals surface area contributed by atoms with Gasteiger partial charge in [0.15, 0.2) is 5.65 Å². The van der Waals surface area contributed by atoms with Crippen LogP contribution in [0.2, 0.25) is 0 Å². The monoisotopic (exact) mass is 301 g/mol. The predicted molar refractivity (Wildman–Crippen MR) is 83.1 cm³/mol. The highest BCUT2D eigenvalue weighted by Crippen LogP contribution is 2.32. The number of hydrogen-bond acceptors (Lipinski definition) is 4. The van der Waals surface area contributed by atoms with Crippen molar-refractivity contribution in [3.05, 3.63) is 17.5 Å². The van der Waals surface area contributed by atoms with Gasteiger partial charge >= 0.3 is 5.97 Å². The number of ether oxygens (including phenoxy) is 1. The van der Waals surface area contributed by atoms with Crippen molar-refractivity contribution in [3.8, 4) is 18.1 Å². The molecule has 116 valence electrons. The quantitative estimate of drug-likeness (QED) is 0.628. The van der Waals surface area contributed by atoms with Gasteiger partial charge < -0.3 is 9.84 Å². The number of aromatic nitrogens is 3. The highest BCUT2D eigenvalue weighted by Gasteiger charge is 2.22. The lowest BCUT2D eigenvalue weighted by Gasteiger charge is -2.09. The van der Waals surface area contributed by atoms with Crippen molar-refractivity contribution in [1.29, 1.82) is 0 Å². The summed E-state index contributed by atoms with van der Waals surface area (Å²) >= 11 is 0. The van der Waals surface area contributed by atoms with Crippen molar-refractivity contribution in [2.24, 2.45) is 0 Å². The van der Waals surface area contributed by atoms with Gasteiger partial charge in [0.2, 0.25) is 0 Å². The summed E-state index contributed by atoms with van der Waals surface area (Å²) in [7, 11) is 0. The molecule has 2 heterocycles. The molecule has 0 saturated carbocycles. The number of pyridine rings is 1. The molecule has 0 radical (unpaired) electrons. The number of carboxylic acids is 1. The van der Waals surface area contributed by atoms with Crippen LogP contribution < -0.4 is 4.74 Å². The van der Waals surface area contributed by atoms with Gasteiger partial charge in [0.05, 0.1) is 17.7 Å². The second-order valence-corrected chi connectivity index (χ2v) is 4.77. The van der Waals surface area contributed by atoms with E-state index >= 15 is 0 Å². The zero-order valence-corrected chi connectivity index (χ0v) is 12.8. The first-order valence-corrected chi connectivity index (χ1v) is 7.31. The van der Waals surface area contributed by atoms with Crippen molar-refractivity contribution in [2.75, 3.05) is 6.61 Å². The van der Waals surface area contributed by atoms with Crippen LogP contribution in [0.5, 0.6) is 5.75 Å². The van der Waals surface area contributed by atoms with E-state index in [2.05, 4.69) is 16.0 Å². The molecular weight excluding hydrogens is 282 g/mol. The molecule has 0 amide bonds. The number of nitrogens with zero attached hydrogens (tertiary/aromatic N) is 3. The number of aromatic carboxylic acids is 1. The molecule has 2 aromatic rings. The lowest BCUT2D eigenvalue weighted by atomic mass is 10.1. The van der Waals surface area contributed by atoms with Gasteiger partial charge in [-0.25, -0.2) is 14.5 Å². The number of carboxylic acid groups (broad SMARTS) is 1. The van der Waals surface area contributed by atoms with E-state index in [4.69, 9.17) is 11.2 Å². The number of aryl methyl sites for hydroxylation is 2. The van der Waals surface area contributed by atoms with Gasteiger partial charge in [-0.1, -0.05) is 6.92 Å². The van der Waals surface area contributed by atoms with E-state index in [-0.39, 0.29) is 5.56 Å². The molecule has 0 unspecified atom stereocenters. The van der Waals surface area contributed by atoms with E-state index in [1.165, 1.54) is 6.20 Å². The van der Waals surface area contributed by atoms with Crippen LogP contribution in [0.3, 0.4) is 0 Å². The summed E-state index contributed by atoms with van der Waals surface area (Å²) in [5.74, 6) is 1.89. The molecule has 0 fully saturated rings. The molecule has 6 heteroatoms. The molecular formula is C16H19N3O3. The summed E-state index contributed by atoms with van der Waals surface area (Å²) in [6.07, 6.45) is 8.73. The topological polar surface area (TPSA) is 77.2 Å². The summed E-state index contributed by atoms with van der Waals surface area (Å²) in [6, 6.07) is 0. The van der Waals surface area contributed by atoms with Gasteiger partial charge in [0.1, 0.15) is 11.3 Å². The van der Waals surface area contributed by atoms with E-state index in [0.29, 0.717) is 42.8 Å². The molecule has 2 rings (SSSR count). The number of unbranched alkanes of at least 4 members (excludes halogenated alkanes) is 1. The number of rotatable bonds is 7. The van der Waals surface area contributed by atoms with Gasteiger partial charge in [0.25, 0.3) is 0 Å². The average molecular weight is 301 g/mol. The molecule has 0 spiro atoms. The summed E-state index contributed by atoms with van der Waals surface area (Å²) in [5.41, 5.74) is 1.49. The Balaban J connectivity index is 2.61. The number of fused-ring (bicyclic) bond motifs is 1. The molecule has 2 aromatic heterocycles. The van der Waals surface area contributed by atoms with Crippen LogP contribution in [0.25, 0.3) is 11.0 Å². The largest absolute Gasteiger partial charge is 0.492 e. The minimum absolute atomic E-state index is 0.0622. The number of terminal acetylenes is 1. The van der Waals surface area contributed by atoms with Crippen LogP contribution in [-0.2, 0) is 13.0 Å². The third-order valence-electron chi connectivity index (χ3n) is 3.33. The normalized spacial score (nSPS) is 10.6. The van der Waals surface area contributed by atoms with Gasteiger partial charge in [0, 0.05) is 19.2 Å². The second kappa shape index (κ2) is 6.94. The van der Waals surface area contributed by atoms with Crippen LogP contribution in [0.15, 0.2) is 6.20 Å². The summed E-state index contributed by atoms with van der Waals surface area (Å²) in [5, 5.41) is 14.5. The highest BCUT2D eigenvalue weighted by atomic mass is 16.5. The summed E-state index contributed by atoms with van der Waals surface area (Å²) in [4.78, 5) is 15.7. The van der Waals surface area contributed by atoms with E-state index in [9.17, 15) is 9.90 Å². The molecule has 0 aliphatic rings. The van der Waals surface area contributed by atoms with E-state index in [0.717, 1.165) is 12.1 Å². The van der Waals surface area contributed by atoms with Crippen molar-refractivity contribution in [2.45, 2.75) is 39.7 Å². The van der Waals surface area contributed by atoms with Gasteiger partial charge in [-0.15, -0.1) is 12.3 Å². The predicted octanol–water partition coefficient (Wildman–Crippen LogP) is 2.50. The van der Waals surface area contributed by atoms with E-state index in [1.807, 2.05) is 13.8 Å². The Kier molecular flexibility index (Phi) is 4.99. The Labute approximate surface area is 129 Å². The Morgan fingerprint density at radius 3 is 2.86 bits per heavy atom. The highest BCUT2D eigenvalue weighted by molar-refractivity contribution is 5.99. The number of hydrogen-bond donors (Lipinski definition) is 1. The first-order valence-electron chi connectivity index (χ1n) is 7.31. The van der Waals surface area contributed by atoms with Gasteiger partial charge in [-0.3, -0.25) is 0 Å². The van der Waals surface area contributed by atoms with E-state index in [1.54, 1.807) is 4.68 Å². The van der Waals surface area contributed by atoms with Gasteiger partial charge in [-0.05, 0) is 19.8 Å². The Morgan fingerprint density at radius 1 is 1.50 bits per heavy atom. The molecule has 22 heavy (non-hydrogen) atoms. The molecule has 0 saturated heterocycles. The fraction of sp³-hybridized carbons (Fsp3) is 0.438. The maximum absolute atomic E-state index is 11.4. The standard InChI is InChI=1S/C16H19N3O3/c1-4-7-8-9-19-15-13(12(5-2)18-19)14(22-6-3)11(10-17-15)16(20)21/h1,10H,5-9H2,2-3H3,(H,20,21). The van der Waals surface area contributed by atoms with Gasteiger partial charge in [-0.2, -0.15) is 5.10 Å². The number of carbonyl (C=O) groups is 1. The van der Waals surface area contributed by atoms with Crippen LogP contribution in [0.1, 0.15) is 42.7 Å². The van der Waals surface area contributed by atoms with Crippen LogP contribution >= 0.6 is 0 Å². The lowest BCUT2D eigenvalue weighted by Crippen LogP contribution is -2.06. The zero-order chi connectivity index (χ0) is 16.1. The van der Waals surface area contributed by atoms with Crippen molar-refractivity contribution < 1.29 is 14.6 Å². The van der Waals surface area contributed by atoms with Crippen LogP contribution in [0.4, 0.5) is 0 Å². The first-order chi connectivity index (χ1) is 10.6. The Morgan fingerprint density at radius 2 is 2.27 bits per heavy atom. The SMILES string of the molecule is C#CCCCn1nc(CC)c2c(OCC)c(C(=O)O)cnc21. The zero-order valence-electron chi connectivity index (χ0n) is 12.8. The molecule has 0 atom stereocenters. The fourth-order valence-electron chi connectivity index (χ4n) is 2.36. The third-order valence-corrected chi connectivity index (χ3v) is 3.33. The minimum Gasteiger partial charge on any atom is -0.492 e. The third kappa shape index (κ3) is 2.89. The molecule has 0 aliphatic heterocycles. The second-order valence-electron chi connectivity index (χ2n) is 4.77. The summed E-state index contributed by atoms with van der Waals surface area (Å²) < 4.78 is 7.36. The maximum atomic E-state index is 11.4. The van der Waals surface area contributed by atoms with Crippen molar-refractivity contribution >= 4 is 17.0 Å². The molecule has 0 aliphatic carbocycles. The van der Waals surface area contributed by atoms with Crippen LogP contribution in [0, 0.1) is 12.3 Å². The average Bonchev–Trinajstić information content (AvgIpc) is 2.86.